The molecule has 106 valence electrons. The molecule has 1 rings (SSSR count). The monoisotopic (exact) mass is 272 g/mol. The maximum Gasteiger partial charge on any atom is 0.360 e. The fourth-order valence-electron chi connectivity index (χ4n) is 1.74. The fourth-order valence-corrected chi connectivity index (χ4v) is 1.74. The molecule has 0 unspecified atom stereocenters. The lowest BCUT2D eigenvalue weighted by atomic mass is 9.75. The predicted molar refractivity (Wildman–Crippen MR) is 54.5 cm³/mol. The van der Waals surface area contributed by atoms with Crippen LogP contribution < -0.4 is 0 Å². The van der Waals surface area contributed by atoms with E-state index in [1.165, 1.54) is 27.7 Å². The summed E-state index contributed by atoms with van der Waals surface area (Å²) in [6, 6.07) is 0. The van der Waals surface area contributed by atoms with Crippen LogP contribution in [0.5, 0.6) is 0 Å². The molecule has 18 heavy (non-hydrogen) atoms. The van der Waals surface area contributed by atoms with E-state index in [-0.39, 0.29) is 0 Å². The maximum atomic E-state index is 13.3. The van der Waals surface area contributed by atoms with Crippen LogP contribution >= 0.6 is 0 Å². The Balaban J connectivity index is 3.18. The van der Waals surface area contributed by atoms with Crippen molar-refractivity contribution in [3.05, 3.63) is 0 Å². The summed E-state index contributed by atoms with van der Waals surface area (Å²) in [6.45, 7) is 5.83. The molecule has 1 N–H and O–H groups in total. The van der Waals surface area contributed by atoms with E-state index in [0.717, 1.165) is 0 Å². The summed E-state index contributed by atoms with van der Waals surface area (Å²) in [5, 5.41) is 9.59. The Kier molecular flexibility index (Phi) is 3.33. The Hall–Kier alpha value is -0.690. The zero-order valence-corrected chi connectivity index (χ0v) is 10.6. The lowest BCUT2D eigenvalue weighted by Gasteiger charge is -2.39. The molecule has 1 aliphatic heterocycles. The maximum absolute atomic E-state index is 13.3. The van der Waals surface area contributed by atoms with Crippen LogP contribution in [-0.4, -0.2) is 34.6 Å². The minimum atomic E-state index is -4.80. The number of halogens is 4. The second-order valence-electron chi connectivity index (χ2n) is 5.69. The third kappa shape index (κ3) is 1.93. The largest absolute Gasteiger partial charge is 0.360 e. The molecule has 0 aromatic heterocycles. The molecule has 0 radical (unpaired) electrons. The second kappa shape index (κ2) is 3.90. The topological polar surface area (TPSA) is 46.5 Å². The van der Waals surface area contributed by atoms with Crippen molar-refractivity contribution in [2.75, 3.05) is 0 Å². The summed E-state index contributed by atoms with van der Waals surface area (Å²) >= 11 is 0. The molecule has 0 aromatic carbocycles. The Bertz CT molecular complexity index is 364. The number of Topliss-reactive ketones (excluding diaryl/α,β-unsaturated/α-hetero) is 1. The summed E-state index contributed by atoms with van der Waals surface area (Å²) in [4.78, 5) is 11.8. The van der Waals surface area contributed by atoms with Gasteiger partial charge in [-0.05, 0) is 12.3 Å². The number of ether oxygens (including phenoxy) is 1. The van der Waals surface area contributed by atoms with Gasteiger partial charge < -0.3 is 9.84 Å². The van der Waals surface area contributed by atoms with Crippen LogP contribution in [0.4, 0.5) is 17.6 Å². The Morgan fingerprint density at radius 2 is 1.78 bits per heavy atom. The van der Waals surface area contributed by atoms with Gasteiger partial charge in [0.2, 0.25) is 5.79 Å². The number of rotatable bonds is 2. The number of carbonyl (C=O) groups excluding carboxylic acids is 1. The molecule has 1 heterocycles. The Labute approximate surface area is 102 Å². The summed E-state index contributed by atoms with van der Waals surface area (Å²) in [6.07, 6.45) is -5.27. The molecule has 1 fully saturated rings. The van der Waals surface area contributed by atoms with Gasteiger partial charge in [-0.1, -0.05) is 20.8 Å². The van der Waals surface area contributed by atoms with E-state index in [1.807, 2.05) is 0 Å². The fraction of sp³-hybridized carbons (Fsp3) is 0.909. The summed E-state index contributed by atoms with van der Waals surface area (Å²) in [5.41, 5.74) is -2.65. The standard InChI is InChI=1S/C11H16F4O3/c1-8(2,3)9(4)6(16)5-10(17,18-9)11(14,15)7(12)13/h7,17H,5H2,1-4H3/t9-,10+/m1/s1. The number of alkyl halides is 4. The lowest BCUT2D eigenvalue weighted by molar-refractivity contribution is -0.358. The van der Waals surface area contributed by atoms with Crippen LogP contribution in [0.2, 0.25) is 0 Å². The van der Waals surface area contributed by atoms with Gasteiger partial charge >= 0.3 is 12.3 Å². The first-order valence-corrected chi connectivity index (χ1v) is 5.40. The van der Waals surface area contributed by atoms with E-state index in [2.05, 4.69) is 0 Å². The number of hydrogen-bond acceptors (Lipinski definition) is 3. The minimum Gasteiger partial charge on any atom is -0.360 e. The van der Waals surface area contributed by atoms with Crippen molar-refractivity contribution in [3.63, 3.8) is 0 Å². The number of hydrogen-bond donors (Lipinski definition) is 1. The quantitative estimate of drug-likeness (QED) is 0.785. The van der Waals surface area contributed by atoms with Crippen LogP contribution in [0, 0.1) is 5.41 Å². The number of aliphatic hydroxyl groups is 1. The van der Waals surface area contributed by atoms with Crippen LogP contribution in [0.15, 0.2) is 0 Å². The number of ketones is 1. The van der Waals surface area contributed by atoms with Gasteiger partial charge in [-0.2, -0.15) is 8.78 Å². The molecule has 0 amide bonds. The van der Waals surface area contributed by atoms with Crippen molar-refractivity contribution in [3.8, 4) is 0 Å². The van der Waals surface area contributed by atoms with E-state index < -0.39 is 41.4 Å². The molecular weight excluding hydrogens is 256 g/mol. The van der Waals surface area contributed by atoms with Gasteiger partial charge in [0.1, 0.15) is 5.60 Å². The summed E-state index contributed by atoms with van der Waals surface area (Å²) in [7, 11) is 0. The van der Waals surface area contributed by atoms with E-state index >= 15 is 0 Å². The molecule has 0 bridgehead atoms. The van der Waals surface area contributed by atoms with Crippen molar-refractivity contribution in [1.29, 1.82) is 0 Å². The second-order valence-corrected chi connectivity index (χ2v) is 5.69. The van der Waals surface area contributed by atoms with Gasteiger partial charge in [0, 0.05) is 0 Å². The molecule has 0 saturated carbocycles. The van der Waals surface area contributed by atoms with Crippen LogP contribution in [0.25, 0.3) is 0 Å². The van der Waals surface area contributed by atoms with E-state index in [1.54, 1.807) is 0 Å². The Morgan fingerprint density at radius 3 is 2.06 bits per heavy atom. The van der Waals surface area contributed by atoms with Gasteiger partial charge in [-0.25, -0.2) is 8.78 Å². The van der Waals surface area contributed by atoms with Crippen LogP contribution in [0.3, 0.4) is 0 Å². The summed E-state index contributed by atoms with van der Waals surface area (Å²) in [5.74, 6) is -9.08. The van der Waals surface area contributed by atoms with Gasteiger partial charge in [-0.15, -0.1) is 0 Å². The van der Waals surface area contributed by atoms with Crippen LogP contribution in [-0.2, 0) is 9.53 Å². The minimum absolute atomic E-state index is 0.821. The first kappa shape index (κ1) is 15.4. The highest BCUT2D eigenvalue weighted by atomic mass is 19.3. The van der Waals surface area contributed by atoms with Crippen LogP contribution in [0.1, 0.15) is 34.1 Å². The molecule has 2 atom stereocenters. The average Bonchev–Trinajstić information content (AvgIpc) is 2.38. The van der Waals surface area contributed by atoms with E-state index in [9.17, 15) is 27.5 Å². The smallest absolute Gasteiger partial charge is 0.360 e. The van der Waals surface area contributed by atoms with Gasteiger partial charge in [0.15, 0.2) is 5.78 Å². The lowest BCUT2D eigenvalue weighted by Crippen LogP contribution is -2.55. The Morgan fingerprint density at radius 1 is 1.33 bits per heavy atom. The highest BCUT2D eigenvalue weighted by Gasteiger charge is 2.70. The van der Waals surface area contributed by atoms with E-state index in [0.29, 0.717) is 0 Å². The zero-order valence-electron chi connectivity index (χ0n) is 10.6. The molecular formula is C11H16F4O3. The van der Waals surface area contributed by atoms with Gasteiger partial charge in [-0.3, -0.25) is 4.79 Å². The van der Waals surface area contributed by atoms with Crippen molar-refractivity contribution in [2.24, 2.45) is 5.41 Å². The molecule has 1 aliphatic rings. The summed E-state index contributed by atoms with van der Waals surface area (Å²) < 4.78 is 55.8. The third-order valence-electron chi connectivity index (χ3n) is 3.53. The predicted octanol–water partition coefficient (Wildman–Crippen LogP) is 2.37. The molecule has 3 nitrogen and oxygen atoms in total. The van der Waals surface area contributed by atoms with Crippen molar-refractivity contribution in [1.82, 2.24) is 0 Å². The number of carbonyl (C=O) groups is 1. The first-order valence-electron chi connectivity index (χ1n) is 5.40. The SMILES string of the molecule is CC(C)(C)[C@]1(C)O[C@](O)(C(F)(F)C(F)F)CC1=O. The van der Waals surface area contributed by atoms with E-state index in [4.69, 9.17) is 4.74 Å². The highest BCUT2D eigenvalue weighted by molar-refractivity contribution is 5.90. The van der Waals surface area contributed by atoms with Crippen molar-refractivity contribution < 1.29 is 32.2 Å². The van der Waals surface area contributed by atoms with Gasteiger partial charge in [0.05, 0.1) is 6.42 Å². The molecule has 1 saturated heterocycles. The van der Waals surface area contributed by atoms with Crippen molar-refractivity contribution >= 4 is 5.78 Å². The molecule has 0 aromatic rings. The average molecular weight is 272 g/mol. The molecule has 0 spiro atoms. The normalized spacial score (nSPS) is 34.4. The molecule has 7 heteroatoms. The zero-order chi connectivity index (χ0) is 14.6. The molecule has 0 aliphatic carbocycles. The van der Waals surface area contributed by atoms with Crippen molar-refractivity contribution in [2.45, 2.75) is 57.9 Å². The highest BCUT2D eigenvalue weighted by Crippen LogP contribution is 2.51. The first-order chi connectivity index (χ1) is 7.78. The third-order valence-corrected chi connectivity index (χ3v) is 3.53. The van der Waals surface area contributed by atoms with Gasteiger partial charge in [0.25, 0.3) is 0 Å².